The van der Waals surface area contributed by atoms with E-state index in [2.05, 4.69) is 21.2 Å². The van der Waals surface area contributed by atoms with Crippen LogP contribution in [0.15, 0.2) is 12.3 Å². The van der Waals surface area contributed by atoms with Gasteiger partial charge in [0, 0.05) is 12.3 Å². The highest BCUT2D eigenvalue weighted by Crippen LogP contribution is 2.12. The molecule has 0 radical (unpaired) electrons. The third-order valence-corrected chi connectivity index (χ3v) is 1.71. The van der Waals surface area contributed by atoms with E-state index < -0.39 is 5.54 Å². The minimum absolute atomic E-state index is 0.467. The molecule has 0 aliphatic heterocycles. The van der Waals surface area contributed by atoms with Crippen molar-refractivity contribution in [1.82, 2.24) is 9.97 Å². The summed E-state index contributed by atoms with van der Waals surface area (Å²) in [5, 5.41) is 3.03. The molecule has 4 heteroatoms. The number of hydrogen-bond donors (Lipinski definition) is 1. The Labute approximate surface area is 90.1 Å². The number of rotatable bonds is 4. The zero-order valence-electron chi connectivity index (χ0n) is 9.24. The van der Waals surface area contributed by atoms with Gasteiger partial charge in [0.05, 0.1) is 12.1 Å². The maximum atomic E-state index is 5.35. The molecule has 0 aliphatic carbocycles. The highest BCUT2D eigenvalue weighted by molar-refractivity contribution is 5.35. The van der Waals surface area contributed by atoms with Gasteiger partial charge in [-0.2, -0.15) is 4.98 Å². The van der Waals surface area contributed by atoms with Crippen LogP contribution in [0, 0.1) is 12.3 Å². The molecular weight excluding hydrogens is 190 g/mol. The van der Waals surface area contributed by atoms with E-state index in [1.165, 1.54) is 0 Å². The van der Waals surface area contributed by atoms with Gasteiger partial charge < -0.3 is 10.1 Å². The Kier molecular flexibility index (Phi) is 3.51. The zero-order chi connectivity index (χ0) is 11.3. The molecule has 1 heterocycles. The van der Waals surface area contributed by atoms with Gasteiger partial charge >= 0.3 is 0 Å². The molecule has 0 saturated heterocycles. The van der Waals surface area contributed by atoms with Gasteiger partial charge in [-0.1, -0.05) is 5.92 Å². The fourth-order valence-electron chi connectivity index (χ4n) is 0.946. The molecule has 15 heavy (non-hydrogen) atoms. The highest BCUT2D eigenvalue weighted by atomic mass is 16.5. The van der Waals surface area contributed by atoms with Gasteiger partial charge in [-0.05, 0) is 20.8 Å². The zero-order valence-corrected chi connectivity index (χ0v) is 9.24. The summed E-state index contributed by atoms with van der Waals surface area (Å²) >= 11 is 0. The molecule has 0 fully saturated rings. The molecule has 1 aromatic rings. The van der Waals surface area contributed by atoms with E-state index in [-0.39, 0.29) is 0 Å². The first-order valence-corrected chi connectivity index (χ1v) is 4.79. The van der Waals surface area contributed by atoms with E-state index in [0.29, 0.717) is 18.4 Å². The maximum Gasteiger partial charge on any atom is 0.227 e. The number of ether oxygens (including phenoxy) is 1. The second-order valence-electron chi connectivity index (χ2n) is 3.55. The lowest BCUT2D eigenvalue weighted by Gasteiger charge is -2.19. The first-order chi connectivity index (χ1) is 7.07. The van der Waals surface area contributed by atoms with Gasteiger partial charge in [0.2, 0.25) is 11.8 Å². The maximum absolute atomic E-state index is 5.35. The van der Waals surface area contributed by atoms with E-state index >= 15 is 0 Å². The van der Waals surface area contributed by atoms with Crippen molar-refractivity contribution in [2.24, 2.45) is 0 Å². The van der Waals surface area contributed by atoms with Gasteiger partial charge in [0.25, 0.3) is 0 Å². The fourth-order valence-corrected chi connectivity index (χ4v) is 0.946. The van der Waals surface area contributed by atoms with Gasteiger partial charge in [-0.3, -0.25) is 0 Å². The molecule has 80 valence electrons. The van der Waals surface area contributed by atoms with Crippen molar-refractivity contribution in [2.45, 2.75) is 26.3 Å². The predicted octanol–water partition coefficient (Wildman–Crippen LogP) is 1.70. The van der Waals surface area contributed by atoms with Crippen LogP contribution in [0.2, 0.25) is 0 Å². The summed E-state index contributed by atoms with van der Waals surface area (Å²) in [6, 6.07) is 1.71. The molecule has 1 N–H and O–H groups in total. The van der Waals surface area contributed by atoms with Gasteiger partial charge in [0.1, 0.15) is 0 Å². The molecule has 0 atom stereocenters. The quantitative estimate of drug-likeness (QED) is 0.760. The largest absolute Gasteiger partial charge is 0.478 e. The van der Waals surface area contributed by atoms with Crippen LogP contribution in [0.25, 0.3) is 0 Å². The van der Waals surface area contributed by atoms with Crippen molar-refractivity contribution in [2.75, 3.05) is 11.9 Å². The lowest BCUT2D eigenvalue weighted by atomic mass is 10.1. The van der Waals surface area contributed by atoms with Crippen LogP contribution in [-0.4, -0.2) is 22.1 Å². The molecule has 1 aromatic heterocycles. The summed E-state index contributed by atoms with van der Waals surface area (Å²) in [7, 11) is 0. The molecule has 1 rings (SSSR count). The number of hydrogen-bond acceptors (Lipinski definition) is 4. The fraction of sp³-hybridized carbons (Fsp3) is 0.455. The third-order valence-electron chi connectivity index (χ3n) is 1.71. The first kappa shape index (κ1) is 11.3. The van der Waals surface area contributed by atoms with Crippen LogP contribution in [0.1, 0.15) is 20.8 Å². The van der Waals surface area contributed by atoms with Crippen LogP contribution in [0.3, 0.4) is 0 Å². The Balaban J connectivity index is 2.79. The Morgan fingerprint density at radius 3 is 2.93 bits per heavy atom. The van der Waals surface area contributed by atoms with Crippen LogP contribution < -0.4 is 10.1 Å². The smallest absolute Gasteiger partial charge is 0.227 e. The Morgan fingerprint density at radius 1 is 1.60 bits per heavy atom. The minimum Gasteiger partial charge on any atom is -0.478 e. The van der Waals surface area contributed by atoms with Gasteiger partial charge in [0.15, 0.2) is 0 Å². The van der Waals surface area contributed by atoms with E-state index in [4.69, 9.17) is 11.2 Å². The third kappa shape index (κ3) is 3.47. The molecule has 0 bridgehead atoms. The normalized spacial score (nSPS) is 10.5. The van der Waals surface area contributed by atoms with E-state index in [1.807, 2.05) is 20.8 Å². The molecule has 0 saturated carbocycles. The van der Waals surface area contributed by atoms with Crippen molar-refractivity contribution >= 4 is 5.95 Å². The lowest BCUT2D eigenvalue weighted by Crippen LogP contribution is -2.29. The van der Waals surface area contributed by atoms with E-state index in [9.17, 15) is 0 Å². The van der Waals surface area contributed by atoms with Crippen LogP contribution >= 0.6 is 0 Å². The van der Waals surface area contributed by atoms with Gasteiger partial charge in [-0.15, -0.1) is 6.42 Å². The predicted molar refractivity (Wildman–Crippen MR) is 59.7 cm³/mol. The number of terminal acetylenes is 1. The summed E-state index contributed by atoms with van der Waals surface area (Å²) in [5.41, 5.74) is -0.467. The Morgan fingerprint density at radius 2 is 2.33 bits per heavy atom. The van der Waals surface area contributed by atoms with Crippen molar-refractivity contribution < 1.29 is 4.74 Å². The molecule has 4 nitrogen and oxygen atoms in total. The van der Waals surface area contributed by atoms with Gasteiger partial charge in [-0.25, -0.2) is 4.98 Å². The standard InChI is InChI=1S/C11H15N3O/c1-5-11(3,4)14-10-12-8-7-9(13-10)15-6-2/h1,7-8H,6H2,2-4H3,(H,12,13,14). The second kappa shape index (κ2) is 4.65. The molecular formula is C11H15N3O. The van der Waals surface area contributed by atoms with Crippen molar-refractivity contribution in [3.8, 4) is 18.2 Å². The monoisotopic (exact) mass is 205 g/mol. The number of aromatic nitrogens is 2. The summed E-state index contributed by atoms with van der Waals surface area (Å²) in [5.74, 6) is 3.63. The van der Waals surface area contributed by atoms with E-state index in [0.717, 1.165) is 0 Å². The average Bonchev–Trinajstić information content (AvgIpc) is 2.18. The van der Waals surface area contributed by atoms with E-state index in [1.54, 1.807) is 12.3 Å². The summed E-state index contributed by atoms with van der Waals surface area (Å²) in [4.78, 5) is 8.21. The Bertz CT molecular complexity index is 368. The van der Waals surface area contributed by atoms with Crippen LogP contribution in [-0.2, 0) is 0 Å². The molecule has 0 amide bonds. The topological polar surface area (TPSA) is 47.0 Å². The second-order valence-corrected chi connectivity index (χ2v) is 3.55. The van der Waals surface area contributed by atoms with Crippen molar-refractivity contribution in [1.29, 1.82) is 0 Å². The minimum atomic E-state index is -0.467. The SMILES string of the molecule is C#CC(C)(C)Nc1nccc(OCC)n1. The summed E-state index contributed by atoms with van der Waals surface area (Å²) < 4.78 is 5.25. The van der Waals surface area contributed by atoms with Crippen molar-refractivity contribution in [3.05, 3.63) is 12.3 Å². The van der Waals surface area contributed by atoms with Crippen LogP contribution in [0.5, 0.6) is 5.88 Å². The van der Waals surface area contributed by atoms with Crippen LogP contribution in [0.4, 0.5) is 5.95 Å². The number of nitrogens with one attached hydrogen (secondary N) is 1. The number of nitrogens with zero attached hydrogens (tertiary/aromatic N) is 2. The number of anilines is 1. The van der Waals surface area contributed by atoms with Crippen molar-refractivity contribution in [3.63, 3.8) is 0 Å². The Hall–Kier alpha value is -1.76. The first-order valence-electron chi connectivity index (χ1n) is 4.79. The molecule has 0 spiro atoms. The molecule has 0 aliphatic rings. The highest BCUT2D eigenvalue weighted by Gasteiger charge is 2.14. The molecule has 0 aromatic carbocycles. The molecule has 0 unspecified atom stereocenters. The summed E-state index contributed by atoms with van der Waals surface area (Å²) in [6.45, 7) is 6.24. The average molecular weight is 205 g/mol. The lowest BCUT2D eigenvalue weighted by molar-refractivity contribution is 0.326. The summed E-state index contributed by atoms with van der Waals surface area (Å²) in [6.07, 6.45) is 6.98.